The Morgan fingerprint density at radius 3 is 2.96 bits per heavy atom. The first-order chi connectivity index (χ1) is 13.2. The number of methoxy groups -OCH3 is 1. The lowest BCUT2D eigenvalue weighted by molar-refractivity contribution is 0.0566. The van der Waals surface area contributed by atoms with E-state index in [1.54, 1.807) is 7.11 Å². The molecule has 1 aliphatic heterocycles. The number of aromatic nitrogens is 2. The van der Waals surface area contributed by atoms with Gasteiger partial charge in [-0.25, -0.2) is 0 Å². The average molecular weight is 383 g/mol. The van der Waals surface area contributed by atoms with Gasteiger partial charge >= 0.3 is 0 Å². The Kier molecular flexibility index (Phi) is 4.94. The first-order valence-electron chi connectivity index (χ1n) is 9.01. The van der Waals surface area contributed by atoms with Crippen molar-refractivity contribution in [3.05, 3.63) is 52.0 Å². The number of carbonyl (C=O) groups is 1. The van der Waals surface area contributed by atoms with E-state index in [0.29, 0.717) is 18.3 Å². The zero-order valence-corrected chi connectivity index (χ0v) is 16.2. The topological polar surface area (TPSA) is 68.5 Å². The second-order valence-electron chi connectivity index (χ2n) is 6.61. The van der Waals surface area contributed by atoms with Crippen molar-refractivity contribution in [1.29, 1.82) is 0 Å². The monoisotopic (exact) mass is 383 g/mol. The van der Waals surface area contributed by atoms with Crippen molar-refractivity contribution in [3.63, 3.8) is 0 Å². The Morgan fingerprint density at radius 2 is 2.19 bits per heavy atom. The second kappa shape index (κ2) is 7.52. The molecule has 3 aromatic rings. The van der Waals surface area contributed by atoms with E-state index in [4.69, 9.17) is 9.26 Å². The first-order valence-corrected chi connectivity index (χ1v) is 9.83. The fourth-order valence-electron chi connectivity index (χ4n) is 3.37. The predicted octanol–water partition coefficient (Wildman–Crippen LogP) is 4.48. The lowest BCUT2D eigenvalue weighted by Gasteiger charge is -2.33. The standard InChI is InChI=1S/C20H21N3O3S/c1-13-9-10-17(27-13)20(24)23-11-4-3-8-16(23)19-21-18(22-26-19)14-6-5-7-15(12-14)25-2/h5-7,9-10,12,16H,3-4,8,11H2,1-2H3. The Morgan fingerprint density at radius 1 is 1.30 bits per heavy atom. The number of benzene rings is 1. The van der Waals surface area contributed by atoms with Crippen molar-refractivity contribution in [3.8, 4) is 17.1 Å². The molecule has 0 radical (unpaired) electrons. The Labute approximate surface area is 161 Å². The predicted molar refractivity (Wildman–Crippen MR) is 103 cm³/mol. The van der Waals surface area contributed by atoms with Crippen LogP contribution in [0, 0.1) is 6.92 Å². The van der Waals surface area contributed by atoms with Gasteiger partial charge < -0.3 is 14.2 Å². The lowest BCUT2D eigenvalue weighted by atomic mass is 10.0. The number of piperidine rings is 1. The van der Waals surface area contributed by atoms with Gasteiger partial charge in [0.15, 0.2) is 0 Å². The zero-order chi connectivity index (χ0) is 18.8. The van der Waals surface area contributed by atoms with Crippen molar-refractivity contribution >= 4 is 17.2 Å². The molecule has 1 saturated heterocycles. The summed E-state index contributed by atoms with van der Waals surface area (Å²) in [5.41, 5.74) is 0.826. The molecule has 0 spiro atoms. The quantitative estimate of drug-likeness (QED) is 0.664. The third-order valence-corrected chi connectivity index (χ3v) is 5.76. The van der Waals surface area contributed by atoms with E-state index >= 15 is 0 Å². The van der Waals surface area contributed by atoms with Gasteiger partial charge in [0, 0.05) is 17.0 Å². The van der Waals surface area contributed by atoms with Crippen LogP contribution in [0.4, 0.5) is 0 Å². The van der Waals surface area contributed by atoms with Crippen molar-refractivity contribution in [2.45, 2.75) is 32.2 Å². The first kappa shape index (κ1) is 17.7. The van der Waals surface area contributed by atoms with Crippen molar-refractivity contribution in [1.82, 2.24) is 15.0 Å². The number of ether oxygens (including phenoxy) is 1. The van der Waals surface area contributed by atoms with Gasteiger partial charge in [-0.3, -0.25) is 4.79 Å². The molecule has 2 aromatic heterocycles. The number of hydrogen-bond donors (Lipinski definition) is 0. The molecule has 1 atom stereocenters. The minimum absolute atomic E-state index is 0.0407. The van der Waals surface area contributed by atoms with Crippen molar-refractivity contribution < 1.29 is 14.1 Å². The van der Waals surface area contributed by atoms with Gasteiger partial charge in [-0.15, -0.1) is 11.3 Å². The van der Waals surface area contributed by atoms with Crippen LogP contribution in [0.5, 0.6) is 5.75 Å². The fourth-order valence-corrected chi connectivity index (χ4v) is 4.20. The summed E-state index contributed by atoms with van der Waals surface area (Å²) in [7, 11) is 1.62. The third kappa shape index (κ3) is 3.60. The van der Waals surface area contributed by atoms with Gasteiger partial charge in [0.1, 0.15) is 11.8 Å². The molecule has 0 saturated carbocycles. The number of aryl methyl sites for hydroxylation is 1. The van der Waals surface area contributed by atoms with E-state index < -0.39 is 0 Å². The number of likely N-dealkylation sites (tertiary alicyclic amines) is 1. The van der Waals surface area contributed by atoms with Gasteiger partial charge in [-0.2, -0.15) is 4.98 Å². The molecular weight excluding hydrogens is 362 g/mol. The van der Waals surface area contributed by atoms with Crippen LogP contribution in [0.2, 0.25) is 0 Å². The van der Waals surface area contributed by atoms with Gasteiger partial charge in [0.2, 0.25) is 11.7 Å². The maximum atomic E-state index is 13.0. The smallest absolute Gasteiger partial charge is 0.264 e. The summed E-state index contributed by atoms with van der Waals surface area (Å²) in [5.74, 6) is 1.78. The Balaban J connectivity index is 1.61. The van der Waals surface area contributed by atoms with E-state index in [2.05, 4.69) is 10.1 Å². The maximum absolute atomic E-state index is 13.0. The van der Waals surface area contributed by atoms with Crippen LogP contribution in [0.3, 0.4) is 0 Å². The molecule has 0 N–H and O–H groups in total. The number of rotatable bonds is 4. The summed E-state index contributed by atoms with van der Waals surface area (Å²) in [4.78, 5) is 21.3. The Bertz CT molecular complexity index is 949. The summed E-state index contributed by atoms with van der Waals surface area (Å²) < 4.78 is 10.8. The summed E-state index contributed by atoms with van der Waals surface area (Å²) in [6.07, 6.45) is 2.86. The molecule has 1 fully saturated rings. The molecule has 0 bridgehead atoms. The lowest BCUT2D eigenvalue weighted by Crippen LogP contribution is -2.38. The van der Waals surface area contributed by atoms with E-state index in [1.807, 2.05) is 48.2 Å². The highest BCUT2D eigenvalue weighted by Crippen LogP contribution is 2.33. The van der Waals surface area contributed by atoms with Gasteiger partial charge in [-0.1, -0.05) is 17.3 Å². The van der Waals surface area contributed by atoms with E-state index in [1.165, 1.54) is 11.3 Å². The van der Waals surface area contributed by atoms with Gasteiger partial charge in [0.05, 0.1) is 12.0 Å². The number of hydrogen-bond acceptors (Lipinski definition) is 6. The summed E-state index contributed by atoms with van der Waals surface area (Å²) >= 11 is 1.52. The number of thiophene rings is 1. The summed E-state index contributed by atoms with van der Waals surface area (Å²) in [6.45, 7) is 2.71. The molecule has 0 aliphatic carbocycles. The van der Waals surface area contributed by atoms with Crippen molar-refractivity contribution in [2.75, 3.05) is 13.7 Å². The average Bonchev–Trinajstić information content (AvgIpc) is 3.37. The molecule has 1 unspecified atom stereocenters. The number of carbonyl (C=O) groups excluding carboxylic acids is 1. The SMILES string of the molecule is COc1cccc(-c2noc(C3CCCCN3C(=O)c3ccc(C)s3)n2)c1. The van der Waals surface area contributed by atoms with Crippen LogP contribution in [0.1, 0.15) is 45.7 Å². The van der Waals surface area contributed by atoms with Crippen molar-refractivity contribution in [2.24, 2.45) is 0 Å². The molecule has 1 amide bonds. The molecule has 4 rings (SSSR count). The minimum Gasteiger partial charge on any atom is -0.497 e. The van der Waals surface area contributed by atoms with Crippen LogP contribution < -0.4 is 4.74 Å². The van der Waals surface area contributed by atoms with Crippen LogP contribution in [0.15, 0.2) is 40.9 Å². The van der Waals surface area contributed by atoms with E-state index in [0.717, 1.165) is 40.3 Å². The van der Waals surface area contributed by atoms with Gasteiger partial charge in [0.25, 0.3) is 5.91 Å². The molecule has 7 heteroatoms. The Hall–Kier alpha value is -2.67. The van der Waals surface area contributed by atoms with Crippen LogP contribution in [-0.2, 0) is 0 Å². The zero-order valence-electron chi connectivity index (χ0n) is 15.3. The molecule has 3 heterocycles. The number of nitrogens with zero attached hydrogens (tertiary/aromatic N) is 3. The highest BCUT2D eigenvalue weighted by molar-refractivity contribution is 7.13. The highest BCUT2D eigenvalue weighted by atomic mass is 32.1. The molecule has 1 aromatic carbocycles. The van der Waals surface area contributed by atoms with E-state index in [-0.39, 0.29) is 11.9 Å². The second-order valence-corrected chi connectivity index (χ2v) is 7.90. The fraction of sp³-hybridized carbons (Fsp3) is 0.350. The summed E-state index contributed by atoms with van der Waals surface area (Å²) in [6, 6.07) is 11.2. The summed E-state index contributed by atoms with van der Waals surface area (Å²) in [5, 5.41) is 4.13. The van der Waals surface area contributed by atoms with Crippen LogP contribution in [0.25, 0.3) is 11.4 Å². The molecular formula is C20H21N3O3S. The number of amides is 1. The molecule has 140 valence electrons. The molecule has 1 aliphatic rings. The maximum Gasteiger partial charge on any atom is 0.264 e. The van der Waals surface area contributed by atoms with Crippen LogP contribution in [-0.4, -0.2) is 34.6 Å². The van der Waals surface area contributed by atoms with Gasteiger partial charge in [-0.05, 0) is 50.5 Å². The highest BCUT2D eigenvalue weighted by Gasteiger charge is 2.33. The largest absolute Gasteiger partial charge is 0.497 e. The van der Waals surface area contributed by atoms with E-state index in [9.17, 15) is 4.79 Å². The molecule has 27 heavy (non-hydrogen) atoms. The van der Waals surface area contributed by atoms with Crippen LogP contribution >= 0.6 is 11.3 Å². The minimum atomic E-state index is -0.180. The third-order valence-electron chi connectivity index (χ3n) is 4.77. The normalized spacial score (nSPS) is 17.1. The molecule has 6 nitrogen and oxygen atoms in total.